The minimum Gasteiger partial charge on any atom is -1.00 e. The average Bonchev–Trinajstić information content (AvgIpc) is 3.14. The van der Waals surface area contributed by atoms with Gasteiger partial charge in [-0.05, 0) is 48.3 Å². The molecule has 0 radical (unpaired) electrons. The number of rotatable bonds is 5. The van der Waals surface area contributed by atoms with E-state index >= 15 is 0 Å². The van der Waals surface area contributed by atoms with Crippen LogP contribution in [-0.2, 0) is 0 Å². The molecule has 0 fully saturated rings. The highest BCUT2D eigenvalue weighted by molar-refractivity contribution is 7.06. The predicted molar refractivity (Wildman–Crippen MR) is 110 cm³/mol. The fourth-order valence-corrected chi connectivity index (χ4v) is 3.78. The van der Waals surface area contributed by atoms with Gasteiger partial charge in [0.1, 0.15) is 11.5 Å². The highest BCUT2D eigenvalue weighted by Gasteiger charge is 2.26. The number of hydrogen-bond acceptors (Lipinski definition) is 4. The third kappa shape index (κ3) is 4.24. The summed E-state index contributed by atoms with van der Waals surface area (Å²) in [4.78, 5) is 4.86. The normalized spacial score (nSPS) is 10.2. The van der Waals surface area contributed by atoms with Gasteiger partial charge in [-0.1, -0.05) is 48.0 Å². The maximum absolute atomic E-state index is 5.57. The quantitative estimate of drug-likeness (QED) is 0.470. The number of aromatic nitrogens is 2. The summed E-state index contributed by atoms with van der Waals surface area (Å²) < 4.78 is 7.67. The first-order valence-electron chi connectivity index (χ1n) is 8.70. The Kier molecular flexibility index (Phi) is 6.44. The number of nitrogens with one attached hydrogen (secondary N) is 1. The fourth-order valence-electron chi connectivity index (χ4n) is 2.83. The van der Waals surface area contributed by atoms with Gasteiger partial charge >= 0.3 is 11.0 Å². The number of halogens is 1. The van der Waals surface area contributed by atoms with Crippen molar-refractivity contribution in [3.63, 3.8) is 0 Å². The van der Waals surface area contributed by atoms with Crippen LogP contribution in [0.15, 0.2) is 78.9 Å². The van der Waals surface area contributed by atoms with Crippen molar-refractivity contribution < 1.29 is 25.7 Å². The maximum Gasteiger partial charge on any atom is 0.350 e. The van der Waals surface area contributed by atoms with Crippen LogP contribution in [0.2, 0.25) is 0 Å². The van der Waals surface area contributed by atoms with Crippen molar-refractivity contribution in [2.45, 2.75) is 6.92 Å². The summed E-state index contributed by atoms with van der Waals surface area (Å²) in [6, 6.07) is 26.5. The molecule has 4 aromatic rings. The predicted octanol–water partition coefficient (Wildman–Crippen LogP) is 2.15. The molecule has 4 nitrogen and oxygen atoms in total. The van der Waals surface area contributed by atoms with Gasteiger partial charge in [-0.3, -0.25) is 0 Å². The maximum atomic E-state index is 5.57. The molecule has 28 heavy (non-hydrogen) atoms. The second-order valence-corrected chi connectivity index (χ2v) is 7.09. The Bertz CT molecular complexity index is 1050. The van der Waals surface area contributed by atoms with Gasteiger partial charge in [0, 0.05) is 5.69 Å². The molecule has 1 heterocycles. The molecule has 0 bridgehead atoms. The molecule has 6 heteroatoms. The van der Waals surface area contributed by atoms with Crippen molar-refractivity contribution in [3.8, 4) is 22.8 Å². The van der Waals surface area contributed by atoms with E-state index < -0.39 is 0 Å². The molecule has 0 unspecified atom stereocenters. The van der Waals surface area contributed by atoms with Crippen LogP contribution in [0, 0.1) is 6.92 Å². The molecule has 1 aromatic heterocycles. The van der Waals surface area contributed by atoms with E-state index in [1.807, 2.05) is 42.5 Å². The molecule has 142 valence electrons. The molecular formula is C22H20BrN3OS. The summed E-state index contributed by atoms with van der Waals surface area (Å²) in [6.07, 6.45) is 0. The summed E-state index contributed by atoms with van der Waals surface area (Å²) in [5.74, 6) is 1.69. The van der Waals surface area contributed by atoms with Gasteiger partial charge < -0.3 is 27.0 Å². The van der Waals surface area contributed by atoms with Gasteiger partial charge in [-0.2, -0.15) is 0 Å². The van der Waals surface area contributed by atoms with Crippen molar-refractivity contribution in [2.24, 2.45) is 0 Å². The summed E-state index contributed by atoms with van der Waals surface area (Å²) in [6.45, 7) is 2.08. The smallest absolute Gasteiger partial charge is 0.350 e. The van der Waals surface area contributed by atoms with Gasteiger partial charge in [-0.15, -0.1) is 3.96 Å². The summed E-state index contributed by atoms with van der Waals surface area (Å²) in [5, 5.41) is 4.24. The minimum absolute atomic E-state index is 0. The third-order valence-corrected chi connectivity index (χ3v) is 5.13. The molecule has 0 amide bonds. The number of aryl methyl sites for hydroxylation is 1. The van der Waals surface area contributed by atoms with Crippen molar-refractivity contribution in [1.29, 1.82) is 0 Å². The molecule has 0 aliphatic rings. The molecule has 0 saturated carbocycles. The Morgan fingerprint density at radius 2 is 1.57 bits per heavy atom. The Morgan fingerprint density at radius 3 is 2.29 bits per heavy atom. The van der Waals surface area contributed by atoms with Gasteiger partial charge in [0.25, 0.3) is 0 Å². The molecular weight excluding hydrogens is 434 g/mol. The molecule has 4 rings (SSSR count). The van der Waals surface area contributed by atoms with Crippen LogP contribution in [0.5, 0.6) is 5.75 Å². The Balaban J connectivity index is 0.00000225. The third-order valence-electron chi connectivity index (χ3n) is 4.22. The van der Waals surface area contributed by atoms with E-state index in [2.05, 4.69) is 52.6 Å². The lowest BCUT2D eigenvalue weighted by molar-refractivity contribution is -0.510. The topological polar surface area (TPSA) is 38.0 Å². The second kappa shape index (κ2) is 8.99. The largest absolute Gasteiger partial charge is 1.00 e. The van der Waals surface area contributed by atoms with E-state index in [0.29, 0.717) is 0 Å². The number of hydrogen-bond donors (Lipinski definition) is 1. The lowest BCUT2D eigenvalue weighted by Crippen LogP contribution is -3.00. The zero-order valence-corrected chi connectivity index (χ0v) is 18.0. The van der Waals surface area contributed by atoms with Gasteiger partial charge in [0.15, 0.2) is 11.4 Å². The van der Waals surface area contributed by atoms with Crippen molar-refractivity contribution >= 4 is 22.4 Å². The Hall–Kier alpha value is -2.70. The van der Waals surface area contributed by atoms with Crippen LogP contribution < -0.4 is 31.0 Å². The molecule has 0 aliphatic heterocycles. The number of para-hydroxylation sites is 2. The highest BCUT2D eigenvalue weighted by atomic mass is 79.9. The van der Waals surface area contributed by atoms with Crippen LogP contribution in [0.1, 0.15) is 5.56 Å². The molecule has 0 saturated heterocycles. The van der Waals surface area contributed by atoms with Gasteiger partial charge in [0.05, 0.1) is 12.7 Å². The average molecular weight is 454 g/mol. The monoisotopic (exact) mass is 453 g/mol. The molecule has 0 atom stereocenters. The zero-order chi connectivity index (χ0) is 18.6. The molecule has 3 aromatic carbocycles. The number of ether oxygens (including phenoxy) is 1. The van der Waals surface area contributed by atoms with E-state index in [0.717, 1.165) is 33.6 Å². The summed E-state index contributed by atoms with van der Waals surface area (Å²) >= 11 is 1.55. The van der Waals surface area contributed by atoms with E-state index in [4.69, 9.17) is 9.72 Å². The first-order valence-corrected chi connectivity index (χ1v) is 9.48. The van der Waals surface area contributed by atoms with E-state index in [9.17, 15) is 0 Å². The number of methoxy groups -OCH3 is 1. The number of anilines is 2. The van der Waals surface area contributed by atoms with Crippen molar-refractivity contribution in [2.75, 3.05) is 12.4 Å². The van der Waals surface area contributed by atoms with Gasteiger partial charge in [-0.25, -0.2) is 0 Å². The lowest BCUT2D eigenvalue weighted by atomic mass is 10.2. The van der Waals surface area contributed by atoms with Crippen molar-refractivity contribution in [1.82, 2.24) is 4.98 Å². The Labute approximate surface area is 179 Å². The summed E-state index contributed by atoms with van der Waals surface area (Å²) in [7, 11) is 1.69. The van der Waals surface area contributed by atoms with Crippen LogP contribution in [0.3, 0.4) is 0 Å². The molecule has 0 spiro atoms. The van der Waals surface area contributed by atoms with Crippen LogP contribution in [-0.4, -0.2) is 12.1 Å². The van der Waals surface area contributed by atoms with Crippen LogP contribution in [0.25, 0.3) is 17.1 Å². The van der Waals surface area contributed by atoms with E-state index in [1.165, 1.54) is 5.56 Å². The SMILES string of the molecule is COc1ccccc1-[n+]1sc(Nc2ccc(C)cc2)nc1-c1ccccc1.[Br-]. The van der Waals surface area contributed by atoms with E-state index in [-0.39, 0.29) is 17.0 Å². The molecule has 1 N–H and O–H groups in total. The fraction of sp³-hybridized carbons (Fsp3) is 0.0909. The minimum atomic E-state index is 0. The highest BCUT2D eigenvalue weighted by Crippen LogP contribution is 2.27. The van der Waals surface area contributed by atoms with Crippen LogP contribution >= 0.6 is 11.5 Å². The first-order chi connectivity index (χ1) is 13.2. The molecule has 0 aliphatic carbocycles. The van der Waals surface area contributed by atoms with E-state index in [1.54, 1.807) is 18.6 Å². The first kappa shape index (κ1) is 20.0. The van der Waals surface area contributed by atoms with Crippen LogP contribution in [0.4, 0.5) is 10.8 Å². The Morgan fingerprint density at radius 1 is 0.893 bits per heavy atom. The second-order valence-electron chi connectivity index (χ2n) is 6.16. The van der Waals surface area contributed by atoms with Gasteiger partial charge in [0.2, 0.25) is 0 Å². The zero-order valence-electron chi connectivity index (χ0n) is 15.6. The standard InChI is InChI=1S/C22H19N3OS.BrH/c1-16-12-14-18(15-13-16)23-22-24-21(17-8-4-3-5-9-17)25(27-22)19-10-6-7-11-20(19)26-2;/h3-15H,1-2H3;1H. The van der Waals surface area contributed by atoms with Crippen molar-refractivity contribution in [3.05, 3.63) is 84.4 Å². The number of benzene rings is 3. The summed E-state index contributed by atoms with van der Waals surface area (Å²) in [5.41, 5.74) is 4.26. The number of nitrogens with zero attached hydrogens (tertiary/aromatic N) is 2. The lowest BCUT2D eigenvalue weighted by Gasteiger charge is -2.04.